The second kappa shape index (κ2) is 7.91. The number of benzene rings is 2. The van der Waals surface area contributed by atoms with E-state index in [4.69, 9.17) is 10.7 Å². The Balaban J connectivity index is 1.76. The third-order valence-electron chi connectivity index (χ3n) is 5.60. The molecule has 0 saturated heterocycles. The zero-order valence-corrected chi connectivity index (χ0v) is 20.0. The lowest BCUT2D eigenvalue weighted by Crippen LogP contribution is -2.08. The molecule has 2 aromatic carbocycles. The molecule has 0 atom stereocenters. The number of carbonyl (C=O) groups is 1. The third kappa shape index (κ3) is 3.41. The predicted octanol–water partition coefficient (Wildman–Crippen LogP) is 7.18. The quantitative estimate of drug-likeness (QED) is 0.279. The molecule has 6 heteroatoms. The number of hydrogen-bond acceptors (Lipinski definition) is 4. The molecule has 2 N–H and O–H groups in total. The van der Waals surface area contributed by atoms with Gasteiger partial charge in [0, 0.05) is 25.6 Å². The molecule has 0 spiro atoms. The number of anilines is 1. The Hall–Kier alpha value is -2.02. The number of pyridine rings is 1. The van der Waals surface area contributed by atoms with Gasteiger partial charge in [-0.2, -0.15) is 0 Å². The van der Waals surface area contributed by atoms with E-state index in [0.29, 0.717) is 16.1 Å². The van der Waals surface area contributed by atoms with E-state index in [1.165, 1.54) is 16.9 Å². The number of halogens is 2. The van der Waals surface area contributed by atoms with Crippen LogP contribution < -0.4 is 5.73 Å². The van der Waals surface area contributed by atoms with E-state index < -0.39 is 0 Å². The normalized spacial score (nSPS) is 13.4. The van der Waals surface area contributed by atoms with E-state index in [2.05, 4.69) is 44.0 Å². The van der Waals surface area contributed by atoms with Gasteiger partial charge in [0.1, 0.15) is 9.71 Å². The van der Waals surface area contributed by atoms with Crippen molar-refractivity contribution in [2.75, 3.05) is 5.73 Å². The first-order valence-electron chi connectivity index (χ1n) is 9.83. The number of aromatic nitrogens is 1. The van der Waals surface area contributed by atoms with Crippen molar-refractivity contribution >= 4 is 64.9 Å². The highest BCUT2D eigenvalue weighted by atomic mass is 79.9. The number of nitrogen functional groups attached to an aromatic ring is 1. The Morgan fingerprint density at radius 2 is 1.57 bits per heavy atom. The Bertz CT molecular complexity index is 1280. The van der Waals surface area contributed by atoms with Crippen molar-refractivity contribution in [3.05, 3.63) is 79.2 Å². The van der Waals surface area contributed by atoms with Crippen LogP contribution in [0.5, 0.6) is 0 Å². The molecule has 0 bridgehead atoms. The van der Waals surface area contributed by atoms with Crippen LogP contribution in [0, 0.1) is 0 Å². The van der Waals surface area contributed by atoms with E-state index >= 15 is 0 Å². The molecule has 0 radical (unpaired) electrons. The molecule has 3 nitrogen and oxygen atoms in total. The van der Waals surface area contributed by atoms with Gasteiger partial charge in [-0.1, -0.05) is 44.0 Å². The smallest absolute Gasteiger partial charge is 0.205 e. The van der Waals surface area contributed by atoms with Crippen molar-refractivity contribution in [1.29, 1.82) is 0 Å². The van der Waals surface area contributed by atoms with Crippen LogP contribution in [0.3, 0.4) is 0 Å². The van der Waals surface area contributed by atoms with E-state index in [0.717, 1.165) is 61.7 Å². The van der Waals surface area contributed by atoms with Gasteiger partial charge < -0.3 is 5.73 Å². The second-order valence-corrected chi connectivity index (χ2v) is 10.3. The number of hydrogen-bond donors (Lipinski definition) is 1. The summed E-state index contributed by atoms with van der Waals surface area (Å²) in [6.45, 7) is 0. The number of thiophene rings is 1. The number of aryl methyl sites for hydroxylation is 1. The summed E-state index contributed by atoms with van der Waals surface area (Å²) < 4.78 is 1.98. The lowest BCUT2D eigenvalue weighted by atomic mass is 9.87. The van der Waals surface area contributed by atoms with Gasteiger partial charge >= 0.3 is 0 Å². The Morgan fingerprint density at radius 3 is 2.27 bits per heavy atom. The first-order valence-corrected chi connectivity index (χ1v) is 12.2. The predicted molar refractivity (Wildman–Crippen MR) is 131 cm³/mol. The third-order valence-corrected chi connectivity index (χ3v) is 7.75. The fourth-order valence-electron chi connectivity index (χ4n) is 4.14. The van der Waals surface area contributed by atoms with Crippen molar-refractivity contribution < 1.29 is 4.79 Å². The molecule has 0 saturated carbocycles. The van der Waals surface area contributed by atoms with Gasteiger partial charge in [0.2, 0.25) is 5.78 Å². The SMILES string of the molecule is Nc1c(C(=O)c2ccc(Br)cc2)sc2nc3c(c(-c4ccc(Br)cc4)c12)CCCC3. The van der Waals surface area contributed by atoms with Crippen molar-refractivity contribution in [2.45, 2.75) is 25.7 Å². The average Bonchev–Trinajstić information content (AvgIpc) is 3.09. The highest BCUT2D eigenvalue weighted by Crippen LogP contribution is 2.44. The van der Waals surface area contributed by atoms with Gasteiger partial charge in [-0.3, -0.25) is 4.79 Å². The summed E-state index contributed by atoms with van der Waals surface area (Å²) in [5.74, 6) is -0.0530. The highest BCUT2D eigenvalue weighted by Gasteiger charge is 2.26. The Kier molecular flexibility index (Phi) is 5.25. The van der Waals surface area contributed by atoms with Gasteiger partial charge in [-0.15, -0.1) is 11.3 Å². The molecule has 2 aromatic heterocycles. The molecular formula is C24H18Br2N2OS. The molecule has 1 aliphatic carbocycles. The largest absolute Gasteiger partial charge is 0.397 e. The number of nitrogens with zero attached hydrogens (tertiary/aromatic N) is 1. The maximum atomic E-state index is 13.2. The van der Waals surface area contributed by atoms with Crippen LogP contribution in [0.1, 0.15) is 39.3 Å². The maximum Gasteiger partial charge on any atom is 0.205 e. The van der Waals surface area contributed by atoms with Crippen molar-refractivity contribution in [1.82, 2.24) is 4.98 Å². The van der Waals surface area contributed by atoms with Gasteiger partial charge in [0.25, 0.3) is 0 Å². The Labute approximate surface area is 195 Å². The van der Waals surface area contributed by atoms with Gasteiger partial charge in [0.05, 0.1) is 5.69 Å². The molecule has 0 unspecified atom stereocenters. The molecule has 1 aliphatic rings. The molecule has 4 aromatic rings. The van der Waals surface area contributed by atoms with E-state index in [9.17, 15) is 4.79 Å². The summed E-state index contributed by atoms with van der Waals surface area (Å²) >= 11 is 8.36. The van der Waals surface area contributed by atoms with Crippen LogP contribution in [0.2, 0.25) is 0 Å². The molecule has 150 valence electrons. The van der Waals surface area contributed by atoms with E-state index in [-0.39, 0.29) is 5.78 Å². The topological polar surface area (TPSA) is 56.0 Å². The number of rotatable bonds is 3. The molecule has 0 fully saturated rings. The molecule has 5 rings (SSSR count). The lowest BCUT2D eigenvalue weighted by molar-refractivity contribution is 0.104. The summed E-state index contributed by atoms with van der Waals surface area (Å²) in [5.41, 5.74) is 12.5. The number of carbonyl (C=O) groups excluding carboxylic acids is 1. The second-order valence-electron chi connectivity index (χ2n) is 7.49. The van der Waals surface area contributed by atoms with Gasteiger partial charge in [0.15, 0.2) is 0 Å². The van der Waals surface area contributed by atoms with E-state index in [1.54, 1.807) is 0 Å². The zero-order chi connectivity index (χ0) is 20.8. The first-order chi connectivity index (χ1) is 14.5. The van der Waals surface area contributed by atoms with Crippen LogP contribution in [-0.2, 0) is 12.8 Å². The summed E-state index contributed by atoms with van der Waals surface area (Å²) in [7, 11) is 0. The summed E-state index contributed by atoms with van der Waals surface area (Å²) in [6, 6.07) is 15.7. The Morgan fingerprint density at radius 1 is 0.933 bits per heavy atom. The van der Waals surface area contributed by atoms with Gasteiger partial charge in [-0.25, -0.2) is 4.98 Å². The molecule has 30 heavy (non-hydrogen) atoms. The van der Waals surface area contributed by atoms with Crippen LogP contribution >= 0.6 is 43.2 Å². The summed E-state index contributed by atoms with van der Waals surface area (Å²) in [6.07, 6.45) is 4.27. The minimum atomic E-state index is -0.0530. The number of ketones is 1. The van der Waals surface area contributed by atoms with E-state index in [1.807, 2.05) is 36.4 Å². The standard InChI is InChI=1S/C24H18Br2N2OS/c25-15-9-5-13(6-10-15)19-17-3-1-2-4-18(17)28-24-20(19)21(27)23(30-24)22(29)14-7-11-16(26)12-8-14/h5-12H,1-4,27H2. The van der Waals surface area contributed by atoms with Crippen LogP contribution in [0.25, 0.3) is 21.3 Å². The van der Waals surface area contributed by atoms with Crippen LogP contribution in [0.15, 0.2) is 57.5 Å². The summed E-state index contributed by atoms with van der Waals surface area (Å²) in [4.78, 5) is 19.6. The summed E-state index contributed by atoms with van der Waals surface area (Å²) in [5, 5.41) is 0.920. The fourth-order valence-corrected chi connectivity index (χ4v) is 5.76. The minimum Gasteiger partial charge on any atom is -0.397 e. The molecule has 2 heterocycles. The van der Waals surface area contributed by atoms with Crippen molar-refractivity contribution in [3.63, 3.8) is 0 Å². The monoisotopic (exact) mass is 540 g/mol. The first kappa shape index (κ1) is 19.9. The fraction of sp³-hybridized carbons (Fsp3) is 0.167. The van der Waals surface area contributed by atoms with Crippen LogP contribution in [0.4, 0.5) is 5.69 Å². The highest BCUT2D eigenvalue weighted by molar-refractivity contribution is 9.10. The minimum absolute atomic E-state index is 0.0530. The molecular weight excluding hydrogens is 524 g/mol. The average molecular weight is 542 g/mol. The van der Waals surface area contributed by atoms with Crippen molar-refractivity contribution in [2.24, 2.45) is 0 Å². The van der Waals surface area contributed by atoms with Crippen molar-refractivity contribution in [3.8, 4) is 11.1 Å². The number of fused-ring (bicyclic) bond motifs is 2. The zero-order valence-electron chi connectivity index (χ0n) is 16.0. The molecule has 0 amide bonds. The maximum absolute atomic E-state index is 13.2. The molecule has 0 aliphatic heterocycles. The number of nitrogens with two attached hydrogens (primary N) is 1. The lowest BCUT2D eigenvalue weighted by Gasteiger charge is -2.20. The van der Waals surface area contributed by atoms with Crippen LogP contribution in [-0.4, -0.2) is 10.8 Å². The van der Waals surface area contributed by atoms with Gasteiger partial charge in [-0.05, 0) is 78.8 Å².